The predicted octanol–water partition coefficient (Wildman–Crippen LogP) is 0.941. The van der Waals surface area contributed by atoms with Gasteiger partial charge in [0.05, 0.1) is 0 Å². The lowest BCUT2D eigenvalue weighted by molar-refractivity contribution is 0.388. The molecule has 12 heavy (non-hydrogen) atoms. The molecule has 2 aliphatic heterocycles. The van der Waals surface area contributed by atoms with Gasteiger partial charge in [-0.05, 0) is 18.8 Å². The maximum absolute atomic E-state index is 3.62. The highest BCUT2D eigenvalue weighted by atomic mass is 15.2. The Kier molecular flexibility index (Phi) is 2.13. The van der Waals surface area contributed by atoms with E-state index < -0.39 is 0 Å². The molecule has 0 aromatic rings. The molecule has 0 aromatic carbocycles. The van der Waals surface area contributed by atoms with Crippen molar-refractivity contribution in [2.45, 2.75) is 38.3 Å². The summed E-state index contributed by atoms with van der Waals surface area (Å²) in [5.41, 5.74) is 0.347. The molecule has 1 radical (unpaired) electrons. The van der Waals surface area contributed by atoms with Gasteiger partial charge in [-0.1, -0.05) is 20.3 Å². The fourth-order valence-corrected chi connectivity index (χ4v) is 2.36. The van der Waals surface area contributed by atoms with E-state index in [1.165, 1.54) is 12.8 Å². The van der Waals surface area contributed by atoms with Crippen molar-refractivity contribution in [2.75, 3.05) is 13.1 Å². The van der Waals surface area contributed by atoms with Gasteiger partial charge in [-0.3, -0.25) is 0 Å². The maximum atomic E-state index is 3.62. The Hall–Kier alpha value is -0.0800. The molecular weight excluding hydrogens is 148 g/mol. The van der Waals surface area contributed by atoms with Gasteiger partial charge in [0.1, 0.15) is 0 Å². The zero-order valence-electron chi connectivity index (χ0n) is 8.06. The molecule has 2 heteroatoms. The van der Waals surface area contributed by atoms with Crippen molar-refractivity contribution in [3.63, 3.8) is 0 Å². The fraction of sp³-hybridized carbons (Fsp3) is 0.900. The van der Waals surface area contributed by atoms with Crippen LogP contribution in [0.1, 0.15) is 26.7 Å². The fourth-order valence-electron chi connectivity index (χ4n) is 2.36. The number of hydrogen-bond donors (Lipinski definition) is 2. The molecule has 0 aromatic heterocycles. The number of nitrogens with one attached hydrogen (secondary N) is 2. The molecule has 2 saturated heterocycles. The second-order valence-corrected chi connectivity index (χ2v) is 4.37. The Balaban J connectivity index is 1.93. The molecule has 0 spiro atoms. The van der Waals surface area contributed by atoms with E-state index in [1.54, 1.807) is 0 Å². The van der Waals surface area contributed by atoms with Gasteiger partial charge in [0, 0.05) is 24.7 Å². The van der Waals surface area contributed by atoms with Crippen LogP contribution in [0.15, 0.2) is 0 Å². The van der Waals surface area contributed by atoms with E-state index in [2.05, 4.69) is 30.9 Å². The van der Waals surface area contributed by atoms with Crippen molar-refractivity contribution in [3.05, 3.63) is 6.42 Å². The van der Waals surface area contributed by atoms with E-state index in [4.69, 9.17) is 0 Å². The zero-order chi connectivity index (χ0) is 8.60. The van der Waals surface area contributed by atoms with Gasteiger partial charge in [0.25, 0.3) is 0 Å². The van der Waals surface area contributed by atoms with Gasteiger partial charge < -0.3 is 10.6 Å². The van der Waals surface area contributed by atoms with Crippen LogP contribution in [-0.2, 0) is 0 Å². The SMILES string of the molecule is CCC(C)[CH]C12CNC(CN1)C2. The first kappa shape index (κ1) is 8.52. The lowest BCUT2D eigenvalue weighted by Gasteiger charge is -2.29. The topological polar surface area (TPSA) is 24.1 Å². The molecule has 2 aliphatic rings. The molecule has 2 nitrogen and oxygen atoms in total. The molecule has 2 heterocycles. The second kappa shape index (κ2) is 3.00. The Morgan fingerprint density at radius 3 is 2.92 bits per heavy atom. The minimum Gasteiger partial charge on any atom is -0.311 e. The third kappa shape index (κ3) is 1.38. The average molecular weight is 167 g/mol. The normalized spacial score (nSPS) is 42.0. The van der Waals surface area contributed by atoms with Gasteiger partial charge in [0.15, 0.2) is 0 Å². The van der Waals surface area contributed by atoms with Crippen LogP contribution in [0.3, 0.4) is 0 Å². The summed E-state index contributed by atoms with van der Waals surface area (Å²) in [6.07, 6.45) is 5.07. The van der Waals surface area contributed by atoms with E-state index in [9.17, 15) is 0 Å². The standard InChI is InChI=1S/C10H19N2/c1-3-8(2)4-10-5-9(6-12-10)11-7-10/h4,8-9,11-12H,3,5-7H2,1-2H3. The minimum atomic E-state index is 0.347. The largest absolute Gasteiger partial charge is 0.311 e. The molecule has 0 aliphatic carbocycles. The summed E-state index contributed by atoms with van der Waals surface area (Å²) in [7, 11) is 0. The Bertz CT molecular complexity index is 159. The maximum Gasteiger partial charge on any atom is 0.0356 e. The Labute approximate surface area is 75.1 Å². The van der Waals surface area contributed by atoms with Crippen molar-refractivity contribution < 1.29 is 0 Å². The van der Waals surface area contributed by atoms with E-state index >= 15 is 0 Å². The summed E-state index contributed by atoms with van der Waals surface area (Å²) < 4.78 is 0. The summed E-state index contributed by atoms with van der Waals surface area (Å²) >= 11 is 0. The first-order chi connectivity index (χ1) is 5.74. The summed E-state index contributed by atoms with van der Waals surface area (Å²) in [5.74, 6) is 0.746. The van der Waals surface area contributed by atoms with Crippen molar-refractivity contribution in [3.8, 4) is 0 Å². The van der Waals surface area contributed by atoms with Crippen LogP contribution in [0, 0.1) is 12.3 Å². The molecule has 3 unspecified atom stereocenters. The van der Waals surface area contributed by atoms with Crippen LogP contribution in [0.5, 0.6) is 0 Å². The van der Waals surface area contributed by atoms with Crippen LogP contribution in [-0.4, -0.2) is 24.7 Å². The van der Waals surface area contributed by atoms with Crippen LogP contribution in [0.2, 0.25) is 0 Å². The molecule has 2 bridgehead atoms. The third-order valence-electron chi connectivity index (χ3n) is 3.26. The van der Waals surface area contributed by atoms with Crippen molar-refractivity contribution in [1.82, 2.24) is 10.6 Å². The summed E-state index contributed by atoms with van der Waals surface area (Å²) in [4.78, 5) is 0. The van der Waals surface area contributed by atoms with E-state index in [0.717, 1.165) is 25.0 Å². The van der Waals surface area contributed by atoms with Crippen molar-refractivity contribution in [1.29, 1.82) is 0 Å². The van der Waals surface area contributed by atoms with Crippen LogP contribution >= 0.6 is 0 Å². The van der Waals surface area contributed by atoms with E-state index in [0.29, 0.717) is 5.54 Å². The zero-order valence-corrected chi connectivity index (χ0v) is 8.06. The molecule has 2 fully saturated rings. The second-order valence-electron chi connectivity index (χ2n) is 4.37. The summed E-state index contributed by atoms with van der Waals surface area (Å²) in [6, 6.07) is 0.741. The quantitative estimate of drug-likeness (QED) is 0.653. The molecule has 0 amide bonds. The molecule has 2 N–H and O–H groups in total. The molecule has 69 valence electrons. The lowest BCUT2D eigenvalue weighted by atomic mass is 9.87. The van der Waals surface area contributed by atoms with Crippen LogP contribution < -0.4 is 10.6 Å². The van der Waals surface area contributed by atoms with Gasteiger partial charge in [-0.2, -0.15) is 0 Å². The predicted molar refractivity (Wildman–Crippen MR) is 50.9 cm³/mol. The van der Waals surface area contributed by atoms with Crippen LogP contribution in [0.4, 0.5) is 0 Å². The third-order valence-corrected chi connectivity index (χ3v) is 3.26. The molecule has 2 rings (SSSR count). The molecule has 3 atom stereocenters. The van der Waals surface area contributed by atoms with E-state index in [1.807, 2.05) is 0 Å². The Morgan fingerprint density at radius 2 is 2.50 bits per heavy atom. The minimum absolute atomic E-state index is 0.347. The van der Waals surface area contributed by atoms with Crippen LogP contribution in [0.25, 0.3) is 0 Å². The summed E-state index contributed by atoms with van der Waals surface area (Å²) in [6.45, 7) is 6.86. The number of hydrogen-bond acceptors (Lipinski definition) is 2. The van der Waals surface area contributed by atoms with Crippen molar-refractivity contribution >= 4 is 0 Å². The van der Waals surface area contributed by atoms with Gasteiger partial charge in [-0.25, -0.2) is 0 Å². The Morgan fingerprint density at radius 1 is 1.67 bits per heavy atom. The monoisotopic (exact) mass is 167 g/mol. The summed E-state index contributed by atoms with van der Waals surface area (Å²) in [5, 5.41) is 7.15. The highest BCUT2D eigenvalue weighted by Gasteiger charge is 2.44. The first-order valence-corrected chi connectivity index (χ1v) is 5.08. The molecular formula is C10H19N2. The van der Waals surface area contributed by atoms with Gasteiger partial charge in [0.2, 0.25) is 0 Å². The number of piperazine rings is 1. The number of fused-ring (bicyclic) bond motifs is 2. The highest BCUT2D eigenvalue weighted by molar-refractivity contribution is 5.15. The highest BCUT2D eigenvalue weighted by Crippen LogP contribution is 2.31. The van der Waals surface area contributed by atoms with Gasteiger partial charge >= 0.3 is 0 Å². The number of rotatable bonds is 3. The smallest absolute Gasteiger partial charge is 0.0356 e. The molecule has 0 saturated carbocycles. The average Bonchev–Trinajstić information content (AvgIpc) is 2.63. The van der Waals surface area contributed by atoms with E-state index in [-0.39, 0.29) is 0 Å². The lowest BCUT2D eigenvalue weighted by Crippen LogP contribution is -2.50. The van der Waals surface area contributed by atoms with Gasteiger partial charge in [-0.15, -0.1) is 0 Å². The van der Waals surface area contributed by atoms with Crippen molar-refractivity contribution in [2.24, 2.45) is 5.92 Å². The first-order valence-electron chi connectivity index (χ1n) is 5.08.